The van der Waals surface area contributed by atoms with E-state index in [0.29, 0.717) is 17.9 Å². The summed E-state index contributed by atoms with van der Waals surface area (Å²) in [5.41, 5.74) is 4.81. The summed E-state index contributed by atoms with van der Waals surface area (Å²) >= 11 is 1.60. The predicted molar refractivity (Wildman–Crippen MR) is 70.4 cm³/mol. The number of aromatic nitrogens is 2. The fourth-order valence-electron chi connectivity index (χ4n) is 2.19. The summed E-state index contributed by atoms with van der Waals surface area (Å²) in [5, 5.41) is 12.4. The molecule has 2 aromatic heterocycles. The molecule has 0 fully saturated rings. The molecule has 0 saturated carbocycles. The molecule has 1 aliphatic carbocycles. The molecule has 3 rings (SSSR count). The van der Waals surface area contributed by atoms with Gasteiger partial charge in [0.25, 0.3) is 0 Å². The zero-order valence-electron chi connectivity index (χ0n) is 9.81. The number of nitrogens with zero attached hydrogens (tertiary/aromatic N) is 3. The van der Waals surface area contributed by atoms with E-state index < -0.39 is 0 Å². The second-order valence-corrected chi connectivity index (χ2v) is 5.25. The second kappa shape index (κ2) is 4.75. The van der Waals surface area contributed by atoms with E-state index in [1.54, 1.807) is 16.8 Å². The van der Waals surface area contributed by atoms with E-state index in [1.807, 2.05) is 12.3 Å². The van der Waals surface area contributed by atoms with E-state index in [9.17, 15) is 0 Å². The number of nitrogens with one attached hydrogen (secondary N) is 1. The maximum atomic E-state index is 9.17. The first-order chi connectivity index (χ1) is 8.86. The standard InChI is InChI=1S/C13H12N4S/c14-5-10-4-9-2-1-3-12(9)17-13(10)16-7-11-6-15-8-18-11/h4,6,8H,1-3,7H2,(H,16,17). The highest BCUT2D eigenvalue weighted by Crippen LogP contribution is 2.25. The van der Waals surface area contributed by atoms with Gasteiger partial charge in [-0.25, -0.2) is 4.98 Å². The van der Waals surface area contributed by atoms with Gasteiger partial charge in [-0.05, 0) is 30.9 Å². The summed E-state index contributed by atoms with van der Waals surface area (Å²) in [7, 11) is 0. The fraction of sp³-hybridized carbons (Fsp3) is 0.308. The van der Waals surface area contributed by atoms with Gasteiger partial charge in [0.1, 0.15) is 11.9 Å². The zero-order valence-corrected chi connectivity index (χ0v) is 10.6. The third-order valence-corrected chi connectivity index (χ3v) is 3.86. The Hall–Kier alpha value is -1.93. The average Bonchev–Trinajstić information content (AvgIpc) is 3.05. The molecule has 1 N–H and O–H groups in total. The van der Waals surface area contributed by atoms with Crippen LogP contribution in [0.15, 0.2) is 17.8 Å². The summed E-state index contributed by atoms with van der Waals surface area (Å²) < 4.78 is 0. The Bertz CT molecular complexity index is 598. The van der Waals surface area contributed by atoms with Gasteiger partial charge in [-0.1, -0.05) is 0 Å². The lowest BCUT2D eigenvalue weighted by molar-refractivity contribution is 0.899. The van der Waals surface area contributed by atoms with E-state index in [-0.39, 0.29) is 0 Å². The number of thiazole rings is 1. The maximum Gasteiger partial charge on any atom is 0.144 e. The van der Waals surface area contributed by atoms with Crippen LogP contribution < -0.4 is 5.32 Å². The Balaban J connectivity index is 1.85. The van der Waals surface area contributed by atoms with Gasteiger partial charge >= 0.3 is 0 Å². The quantitative estimate of drug-likeness (QED) is 0.916. The van der Waals surface area contributed by atoms with E-state index in [1.165, 1.54) is 5.56 Å². The summed E-state index contributed by atoms with van der Waals surface area (Å²) in [5.74, 6) is 0.701. The fourth-order valence-corrected chi connectivity index (χ4v) is 2.73. The molecule has 2 aromatic rings. The largest absolute Gasteiger partial charge is 0.364 e. The highest BCUT2D eigenvalue weighted by Gasteiger charge is 2.16. The Morgan fingerprint density at radius 3 is 3.17 bits per heavy atom. The van der Waals surface area contributed by atoms with Crippen LogP contribution in [0.1, 0.15) is 28.1 Å². The molecule has 5 heteroatoms. The van der Waals surface area contributed by atoms with Crippen molar-refractivity contribution in [1.82, 2.24) is 9.97 Å². The van der Waals surface area contributed by atoms with Crippen molar-refractivity contribution in [2.24, 2.45) is 0 Å². The van der Waals surface area contributed by atoms with E-state index in [0.717, 1.165) is 29.8 Å². The number of anilines is 1. The van der Waals surface area contributed by atoms with Crippen molar-refractivity contribution in [3.05, 3.63) is 39.5 Å². The van der Waals surface area contributed by atoms with Crippen molar-refractivity contribution in [1.29, 1.82) is 5.26 Å². The lowest BCUT2D eigenvalue weighted by Gasteiger charge is -2.08. The normalized spacial score (nSPS) is 13.1. The topological polar surface area (TPSA) is 61.6 Å². The minimum absolute atomic E-state index is 0.639. The molecule has 0 saturated heterocycles. The van der Waals surface area contributed by atoms with Gasteiger partial charge < -0.3 is 5.32 Å². The minimum atomic E-state index is 0.639. The van der Waals surface area contributed by atoms with Gasteiger partial charge in [0, 0.05) is 16.8 Å². The van der Waals surface area contributed by atoms with Crippen LogP contribution in [0.2, 0.25) is 0 Å². The molecule has 90 valence electrons. The van der Waals surface area contributed by atoms with E-state index in [4.69, 9.17) is 5.26 Å². The molecular weight excluding hydrogens is 244 g/mol. The number of pyridine rings is 1. The third-order valence-electron chi connectivity index (χ3n) is 3.08. The minimum Gasteiger partial charge on any atom is -0.364 e. The SMILES string of the molecule is N#Cc1cc2c(nc1NCc1cncs1)CCC2. The molecule has 0 radical (unpaired) electrons. The highest BCUT2D eigenvalue weighted by molar-refractivity contribution is 7.09. The van der Waals surface area contributed by atoms with Crippen LogP contribution >= 0.6 is 11.3 Å². The molecule has 0 aliphatic heterocycles. The van der Waals surface area contributed by atoms with Crippen LogP contribution in [0.3, 0.4) is 0 Å². The van der Waals surface area contributed by atoms with Crippen LogP contribution in [-0.2, 0) is 19.4 Å². The molecule has 0 atom stereocenters. The third kappa shape index (κ3) is 2.07. The van der Waals surface area contributed by atoms with Crippen molar-refractivity contribution >= 4 is 17.2 Å². The van der Waals surface area contributed by atoms with Gasteiger partial charge in [0.05, 0.1) is 17.6 Å². The predicted octanol–water partition coefficient (Wildman–Crippen LogP) is 2.51. The molecule has 1 aliphatic rings. The summed E-state index contributed by atoms with van der Waals surface area (Å²) in [6.45, 7) is 0.672. The molecule has 2 heterocycles. The molecule has 0 aromatic carbocycles. The first kappa shape index (κ1) is 11.2. The molecule has 0 bridgehead atoms. The van der Waals surface area contributed by atoms with E-state index in [2.05, 4.69) is 21.4 Å². The first-order valence-electron chi connectivity index (χ1n) is 5.91. The Morgan fingerprint density at radius 1 is 1.44 bits per heavy atom. The number of hydrogen-bond donors (Lipinski definition) is 1. The van der Waals surface area contributed by atoms with Crippen LogP contribution in [-0.4, -0.2) is 9.97 Å². The number of rotatable bonds is 3. The average molecular weight is 256 g/mol. The molecule has 0 spiro atoms. The summed E-state index contributed by atoms with van der Waals surface area (Å²) in [6, 6.07) is 4.19. The van der Waals surface area contributed by atoms with Crippen LogP contribution in [0.4, 0.5) is 5.82 Å². The maximum absolute atomic E-state index is 9.17. The number of aryl methyl sites for hydroxylation is 2. The van der Waals surface area contributed by atoms with Crippen molar-refractivity contribution in [3.63, 3.8) is 0 Å². The van der Waals surface area contributed by atoms with Crippen LogP contribution in [0.25, 0.3) is 0 Å². The van der Waals surface area contributed by atoms with Crippen molar-refractivity contribution in [2.45, 2.75) is 25.8 Å². The van der Waals surface area contributed by atoms with Crippen molar-refractivity contribution < 1.29 is 0 Å². The van der Waals surface area contributed by atoms with Crippen molar-refractivity contribution in [3.8, 4) is 6.07 Å². The van der Waals surface area contributed by atoms with E-state index >= 15 is 0 Å². The Morgan fingerprint density at radius 2 is 2.39 bits per heavy atom. The molecule has 18 heavy (non-hydrogen) atoms. The number of hydrogen-bond acceptors (Lipinski definition) is 5. The van der Waals surface area contributed by atoms with Gasteiger partial charge in [0.15, 0.2) is 0 Å². The summed E-state index contributed by atoms with van der Waals surface area (Å²) in [6.07, 6.45) is 5.05. The Labute approximate surface area is 109 Å². The lowest BCUT2D eigenvalue weighted by atomic mass is 10.1. The molecule has 4 nitrogen and oxygen atoms in total. The molecule has 0 unspecified atom stereocenters. The van der Waals surface area contributed by atoms with Crippen LogP contribution in [0.5, 0.6) is 0 Å². The smallest absolute Gasteiger partial charge is 0.144 e. The van der Waals surface area contributed by atoms with Gasteiger partial charge in [-0.15, -0.1) is 11.3 Å². The van der Waals surface area contributed by atoms with Crippen LogP contribution in [0, 0.1) is 11.3 Å². The van der Waals surface area contributed by atoms with Gasteiger partial charge in [0.2, 0.25) is 0 Å². The lowest BCUT2D eigenvalue weighted by Crippen LogP contribution is -2.04. The monoisotopic (exact) mass is 256 g/mol. The molecule has 0 amide bonds. The molecular formula is C13H12N4S. The van der Waals surface area contributed by atoms with Gasteiger partial charge in [-0.3, -0.25) is 4.98 Å². The Kier molecular flexibility index (Phi) is 2.95. The first-order valence-corrected chi connectivity index (χ1v) is 6.79. The van der Waals surface area contributed by atoms with Gasteiger partial charge in [-0.2, -0.15) is 5.26 Å². The number of nitriles is 1. The summed E-state index contributed by atoms with van der Waals surface area (Å²) in [4.78, 5) is 9.74. The van der Waals surface area contributed by atoms with Crippen molar-refractivity contribution in [2.75, 3.05) is 5.32 Å². The second-order valence-electron chi connectivity index (χ2n) is 4.28. The number of fused-ring (bicyclic) bond motifs is 1. The zero-order chi connectivity index (χ0) is 12.4. The highest BCUT2D eigenvalue weighted by atomic mass is 32.1.